The number of hydrogen-bond donors (Lipinski definition) is 0. The van der Waals surface area contributed by atoms with Gasteiger partial charge in [-0.05, 0) is 52.4 Å². The zero-order valence-electron chi connectivity index (χ0n) is 18.0. The third kappa shape index (κ3) is 16.7. The maximum atomic E-state index is 11.1. The van der Waals surface area contributed by atoms with Crippen LogP contribution >= 0.6 is 0 Å². The van der Waals surface area contributed by atoms with Crippen molar-refractivity contribution >= 4 is 5.97 Å². The number of unbranched alkanes of at least 4 members (excludes halogenated alkanes) is 4. The maximum absolute atomic E-state index is 11.1. The molecule has 4 heteroatoms. The fourth-order valence-corrected chi connectivity index (χ4v) is 3.02. The van der Waals surface area contributed by atoms with Crippen LogP contribution in [0.15, 0.2) is 24.3 Å². The molecule has 0 aliphatic carbocycles. The van der Waals surface area contributed by atoms with E-state index in [2.05, 4.69) is 56.9 Å². The molecule has 0 radical (unpaired) electrons. The SMILES string of the molecule is CCCC/C=C/CCC(C)N(CC(=O)[O-])C(C)CC/C=C/CCCC.[K+]. The summed E-state index contributed by atoms with van der Waals surface area (Å²) in [5, 5.41) is 11.1. The number of nitrogens with zero attached hydrogens (tertiary/aromatic N) is 1. The Balaban J connectivity index is 0. The third-order valence-corrected chi connectivity index (χ3v) is 4.73. The summed E-state index contributed by atoms with van der Waals surface area (Å²) >= 11 is 0. The molecule has 0 fully saturated rings. The largest absolute Gasteiger partial charge is 1.00 e. The predicted octanol–water partition coefficient (Wildman–Crippen LogP) is 1.87. The van der Waals surface area contributed by atoms with E-state index in [0.29, 0.717) is 0 Å². The van der Waals surface area contributed by atoms with Crippen molar-refractivity contribution < 1.29 is 61.3 Å². The Labute approximate surface area is 205 Å². The Bertz CT molecular complexity index is 354. The van der Waals surface area contributed by atoms with Gasteiger partial charge in [0.1, 0.15) is 0 Å². The Kier molecular flexibility index (Phi) is 22.4. The van der Waals surface area contributed by atoms with Crippen LogP contribution in [-0.4, -0.2) is 29.5 Å². The molecule has 0 bridgehead atoms. The zero-order chi connectivity index (χ0) is 18.9. The van der Waals surface area contributed by atoms with E-state index in [4.69, 9.17) is 0 Å². The molecule has 0 aliphatic rings. The van der Waals surface area contributed by atoms with Crippen molar-refractivity contribution in [2.75, 3.05) is 6.54 Å². The van der Waals surface area contributed by atoms with Crippen LogP contribution in [0.3, 0.4) is 0 Å². The molecule has 0 rings (SSSR count). The standard InChI is InChI=1S/C22H41NO2.K/c1-5-7-9-11-13-15-17-20(3)23(19-22(24)25)21(4)18-16-14-12-10-8-6-2;/h11-14,20-21H,5-10,15-19H2,1-4H3,(H,24,25);/q;+1/p-1/b13-11+,14-12+;. The minimum absolute atomic E-state index is 0. The molecule has 146 valence electrons. The molecule has 0 N–H and O–H groups in total. The van der Waals surface area contributed by atoms with Crippen molar-refractivity contribution in [1.29, 1.82) is 0 Å². The zero-order valence-corrected chi connectivity index (χ0v) is 21.1. The van der Waals surface area contributed by atoms with Gasteiger partial charge in [-0.1, -0.05) is 63.8 Å². The number of carboxylic acid groups (broad SMARTS) is 1. The average molecular weight is 390 g/mol. The normalized spacial score (nSPS) is 14.0. The molecule has 0 saturated carbocycles. The summed E-state index contributed by atoms with van der Waals surface area (Å²) in [6, 6.07) is 0.514. The molecule has 3 nitrogen and oxygen atoms in total. The number of hydrogen-bond acceptors (Lipinski definition) is 3. The van der Waals surface area contributed by atoms with E-state index in [0.717, 1.165) is 38.5 Å². The topological polar surface area (TPSA) is 43.4 Å². The monoisotopic (exact) mass is 389 g/mol. The van der Waals surface area contributed by atoms with E-state index in [1.54, 1.807) is 0 Å². The summed E-state index contributed by atoms with van der Waals surface area (Å²) in [6.45, 7) is 8.70. The first kappa shape index (κ1) is 28.8. The summed E-state index contributed by atoms with van der Waals surface area (Å²) in [4.78, 5) is 13.2. The van der Waals surface area contributed by atoms with Gasteiger partial charge in [-0.25, -0.2) is 0 Å². The second-order valence-electron chi connectivity index (χ2n) is 7.12. The minimum atomic E-state index is -0.976. The Morgan fingerprint density at radius 1 is 0.846 bits per heavy atom. The summed E-state index contributed by atoms with van der Waals surface area (Å²) in [5.74, 6) is -0.976. The number of rotatable bonds is 16. The van der Waals surface area contributed by atoms with Crippen LogP contribution < -0.4 is 56.5 Å². The smallest absolute Gasteiger partial charge is 0.549 e. The Morgan fingerprint density at radius 2 is 1.23 bits per heavy atom. The van der Waals surface area contributed by atoms with Gasteiger partial charge >= 0.3 is 51.4 Å². The van der Waals surface area contributed by atoms with E-state index in [1.165, 1.54) is 25.7 Å². The van der Waals surface area contributed by atoms with Crippen molar-refractivity contribution in [3.05, 3.63) is 24.3 Å². The molecule has 0 aliphatic heterocycles. The third-order valence-electron chi connectivity index (χ3n) is 4.73. The first-order valence-electron chi connectivity index (χ1n) is 10.3. The fraction of sp³-hybridized carbons (Fsp3) is 0.773. The van der Waals surface area contributed by atoms with Crippen LogP contribution in [0.2, 0.25) is 0 Å². The second kappa shape index (κ2) is 20.3. The Hall–Kier alpha value is 0.546. The molecule has 0 saturated heterocycles. The number of carboxylic acids is 1. The fourth-order valence-electron chi connectivity index (χ4n) is 3.02. The molecular weight excluding hydrogens is 349 g/mol. The van der Waals surface area contributed by atoms with E-state index in [-0.39, 0.29) is 70.0 Å². The summed E-state index contributed by atoms with van der Waals surface area (Å²) in [5.41, 5.74) is 0. The molecule has 0 aromatic carbocycles. The molecule has 0 heterocycles. The van der Waals surface area contributed by atoms with Gasteiger partial charge in [0.15, 0.2) is 0 Å². The van der Waals surface area contributed by atoms with E-state index < -0.39 is 5.97 Å². The number of carbonyl (C=O) groups excluding carboxylic acids is 1. The van der Waals surface area contributed by atoms with Gasteiger partial charge in [0.05, 0.1) is 5.97 Å². The molecule has 0 amide bonds. The molecule has 2 unspecified atom stereocenters. The van der Waals surface area contributed by atoms with E-state index in [1.807, 2.05) is 0 Å². The van der Waals surface area contributed by atoms with Gasteiger partial charge in [0.25, 0.3) is 0 Å². The number of carbonyl (C=O) groups is 1. The van der Waals surface area contributed by atoms with E-state index >= 15 is 0 Å². The van der Waals surface area contributed by atoms with Gasteiger partial charge in [-0.3, -0.25) is 4.90 Å². The average Bonchev–Trinajstić information content (AvgIpc) is 2.58. The van der Waals surface area contributed by atoms with Crippen molar-refractivity contribution in [2.45, 2.75) is 104 Å². The molecule has 0 aromatic rings. The molecule has 0 aromatic heterocycles. The van der Waals surface area contributed by atoms with Crippen LogP contribution in [0, 0.1) is 0 Å². The van der Waals surface area contributed by atoms with Crippen LogP contribution in [-0.2, 0) is 4.79 Å². The van der Waals surface area contributed by atoms with Gasteiger partial charge in [-0.2, -0.15) is 0 Å². The van der Waals surface area contributed by atoms with E-state index in [9.17, 15) is 9.90 Å². The summed E-state index contributed by atoms with van der Waals surface area (Å²) < 4.78 is 0. The molecule has 0 spiro atoms. The minimum Gasteiger partial charge on any atom is -0.549 e. The summed E-state index contributed by atoms with van der Waals surface area (Å²) in [6.07, 6.45) is 20.2. The number of allylic oxidation sites excluding steroid dienone is 4. The quantitative estimate of drug-likeness (QED) is 0.230. The van der Waals surface area contributed by atoms with Crippen LogP contribution in [0.4, 0.5) is 0 Å². The van der Waals surface area contributed by atoms with Crippen LogP contribution in [0.25, 0.3) is 0 Å². The predicted molar refractivity (Wildman–Crippen MR) is 106 cm³/mol. The second-order valence-corrected chi connectivity index (χ2v) is 7.12. The first-order valence-corrected chi connectivity index (χ1v) is 10.3. The first-order chi connectivity index (χ1) is 12.0. The van der Waals surface area contributed by atoms with Crippen molar-refractivity contribution in [3.8, 4) is 0 Å². The molecular formula is C22H40KNO2. The van der Waals surface area contributed by atoms with Gasteiger partial charge in [0.2, 0.25) is 0 Å². The van der Waals surface area contributed by atoms with Crippen LogP contribution in [0.5, 0.6) is 0 Å². The molecule has 2 atom stereocenters. The number of aliphatic carboxylic acids is 1. The van der Waals surface area contributed by atoms with Crippen molar-refractivity contribution in [2.24, 2.45) is 0 Å². The van der Waals surface area contributed by atoms with Crippen LogP contribution in [0.1, 0.15) is 91.9 Å². The van der Waals surface area contributed by atoms with Gasteiger partial charge in [0, 0.05) is 18.6 Å². The van der Waals surface area contributed by atoms with Crippen molar-refractivity contribution in [1.82, 2.24) is 4.90 Å². The maximum Gasteiger partial charge on any atom is 1.00 e. The summed E-state index contributed by atoms with van der Waals surface area (Å²) in [7, 11) is 0. The van der Waals surface area contributed by atoms with Gasteiger partial charge < -0.3 is 9.90 Å². The Morgan fingerprint density at radius 3 is 1.58 bits per heavy atom. The van der Waals surface area contributed by atoms with Crippen molar-refractivity contribution in [3.63, 3.8) is 0 Å². The van der Waals surface area contributed by atoms with Gasteiger partial charge in [-0.15, -0.1) is 0 Å². The molecule has 26 heavy (non-hydrogen) atoms.